The largest absolute Gasteiger partial charge is 0.471 e. The monoisotopic (exact) mass is 368 g/mol. The Balaban J connectivity index is 2.02. The summed E-state index contributed by atoms with van der Waals surface area (Å²) in [6.45, 7) is 0.711. The van der Waals surface area contributed by atoms with E-state index in [0.29, 0.717) is 24.2 Å². The number of aromatic nitrogens is 2. The number of benzene rings is 1. The second kappa shape index (κ2) is 6.16. The molecule has 1 aromatic heterocycles. The summed E-state index contributed by atoms with van der Waals surface area (Å²) in [7, 11) is -3.95. The summed E-state index contributed by atoms with van der Waals surface area (Å²) in [6.07, 6.45) is -1.80. The van der Waals surface area contributed by atoms with E-state index in [-0.39, 0.29) is 16.2 Å². The van der Waals surface area contributed by atoms with Crippen LogP contribution in [-0.2, 0) is 10.0 Å². The zero-order valence-electron chi connectivity index (χ0n) is 13.2. The molecule has 0 atom stereocenters. The number of nitrogens with zero attached hydrogens (tertiary/aromatic N) is 3. The quantitative estimate of drug-likeness (QED) is 0.835. The van der Waals surface area contributed by atoms with Crippen molar-refractivity contribution >= 4 is 20.9 Å². The summed E-state index contributed by atoms with van der Waals surface area (Å²) in [4.78, 5) is 7.99. The SMILES string of the molecule is Cc1nc(OCC(F)F)c2cc(S(=O)(=O)NC3(C#N)CC3)ccc2n1. The first-order chi connectivity index (χ1) is 11.7. The van der Waals surface area contributed by atoms with Crippen LogP contribution in [0.4, 0.5) is 8.78 Å². The Morgan fingerprint density at radius 2 is 2.12 bits per heavy atom. The zero-order chi connectivity index (χ0) is 18.2. The summed E-state index contributed by atoms with van der Waals surface area (Å²) in [6, 6.07) is 5.98. The molecule has 7 nitrogen and oxygen atoms in total. The van der Waals surface area contributed by atoms with Gasteiger partial charge in [-0.2, -0.15) is 15.0 Å². The predicted octanol–water partition coefficient (Wildman–Crippen LogP) is 1.92. The Hall–Kier alpha value is -2.38. The second-order valence-corrected chi connectivity index (χ2v) is 7.44. The van der Waals surface area contributed by atoms with E-state index < -0.39 is 28.6 Å². The first kappa shape index (κ1) is 17.4. The van der Waals surface area contributed by atoms with Gasteiger partial charge in [-0.25, -0.2) is 22.2 Å². The number of ether oxygens (including phenoxy) is 1. The molecule has 3 rings (SSSR count). The van der Waals surface area contributed by atoms with Gasteiger partial charge in [-0.3, -0.25) is 0 Å². The highest BCUT2D eigenvalue weighted by molar-refractivity contribution is 7.89. The zero-order valence-corrected chi connectivity index (χ0v) is 14.0. The highest BCUT2D eigenvalue weighted by atomic mass is 32.2. The number of nitriles is 1. The molecule has 1 aliphatic carbocycles. The van der Waals surface area contributed by atoms with Crippen molar-refractivity contribution < 1.29 is 21.9 Å². The van der Waals surface area contributed by atoms with Gasteiger partial charge in [0.25, 0.3) is 6.43 Å². The number of aryl methyl sites for hydroxylation is 1. The van der Waals surface area contributed by atoms with Crippen LogP contribution in [0.5, 0.6) is 5.88 Å². The molecule has 0 bridgehead atoms. The van der Waals surface area contributed by atoms with E-state index in [4.69, 9.17) is 10.00 Å². The smallest absolute Gasteiger partial charge is 0.272 e. The summed E-state index contributed by atoms with van der Waals surface area (Å²) in [5, 5.41) is 9.25. The van der Waals surface area contributed by atoms with Crippen LogP contribution in [0.25, 0.3) is 10.9 Å². The molecule has 10 heteroatoms. The molecule has 1 aliphatic rings. The number of hydrogen-bond acceptors (Lipinski definition) is 6. The van der Waals surface area contributed by atoms with Crippen molar-refractivity contribution in [1.29, 1.82) is 5.26 Å². The number of fused-ring (bicyclic) bond motifs is 1. The lowest BCUT2D eigenvalue weighted by atomic mass is 10.2. The van der Waals surface area contributed by atoms with Gasteiger partial charge in [0.05, 0.1) is 21.9 Å². The highest BCUT2D eigenvalue weighted by Gasteiger charge is 2.46. The van der Waals surface area contributed by atoms with Crippen molar-refractivity contribution in [3.8, 4) is 11.9 Å². The molecule has 1 fully saturated rings. The fraction of sp³-hybridized carbons (Fsp3) is 0.400. The van der Waals surface area contributed by atoms with Gasteiger partial charge in [0.15, 0.2) is 6.61 Å². The van der Waals surface area contributed by atoms with E-state index in [1.165, 1.54) is 18.2 Å². The highest BCUT2D eigenvalue weighted by Crippen LogP contribution is 2.36. The van der Waals surface area contributed by atoms with Crippen molar-refractivity contribution in [3.05, 3.63) is 24.0 Å². The lowest BCUT2D eigenvalue weighted by Gasteiger charge is -2.12. The van der Waals surface area contributed by atoms with Crippen molar-refractivity contribution in [2.75, 3.05) is 6.61 Å². The summed E-state index contributed by atoms with van der Waals surface area (Å²) in [5.41, 5.74) is -0.691. The molecule has 0 spiro atoms. The van der Waals surface area contributed by atoms with Gasteiger partial charge in [-0.1, -0.05) is 0 Å². The minimum Gasteiger partial charge on any atom is -0.471 e. The molecule has 1 saturated carbocycles. The normalized spacial score (nSPS) is 16.0. The topological polar surface area (TPSA) is 105 Å². The number of halogens is 2. The van der Waals surface area contributed by atoms with Crippen molar-refractivity contribution in [3.63, 3.8) is 0 Å². The molecule has 2 aromatic rings. The summed E-state index contributed by atoms with van der Waals surface area (Å²) in [5.74, 6) is 0.202. The van der Waals surface area contributed by atoms with Gasteiger partial charge in [-0.15, -0.1) is 0 Å². The van der Waals surface area contributed by atoms with Crippen LogP contribution in [0.3, 0.4) is 0 Å². The lowest BCUT2D eigenvalue weighted by Crippen LogP contribution is -2.35. The van der Waals surface area contributed by atoms with Crippen LogP contribution in [0, 0.1) is 18.3 Å². The Morgan fingerprint density at radius 3 is 2.72 bits per heavy atom. The second-order valence-electron chi connectivity index (χ2n) is 5.76. The standard InChI is InChI=1S/C15H14F2N4O3S/c1-9-19-12-3-2-10(25(22,23)21-15(8-18)4-5-15)6-11(12)14(20-9)24-7-13(16)17/h2-3,6,13,21H,4-5,7H2,1H3. The van der Waals surface area contributed by atoms with Gasteiger partial charge >= 0.3 is 0 Å². The van der Waals surface area contributed by atoms with Crippen LogP contribution in [0.1, 0.15) is 18.7 Å². The van der Waals surface area contributed by atoms with Crippen LogP contribution < -0.4 is 9.46 Å². The molecule has 0 unspecified atom stereocenters. The van der Waals surface area contributed by atoms with E-state index in [2.05, 4.69) is 14.7 Å². The summed E-state index contributed by atoms with van der Waals surface area (Å²) < 4.78 is 57.1. The molecule has 1 aromatic carbocycles. The molecule has 1 heterocycles. The molecule has 1 N–H and O–H groups in total. The fourth-order valence-corrected chi connectivity index (χ4v) is 3.69. The van der Waals surface area contributed by atoms with Gasteiger partial charge in [-0.05, 0) is 38.0 Å². The maximum Gasteiger partial charge on any atom is 0.272 e. The van der Waals surface area contributed by atoms with Gasteiger partial charge in [0.2, 0.25) is 15.9 Å². The average molecular weight is 368 g/mol. The maximum atomic E-state index is 12.5. The van der Waals surface area contributed by atoms with Crippen LogP contribution >= 0.6 is 0 Å². The number of alkyl halides is 2. The van der Waals surface area contributed by atoms with Crippen molar-refractivity contribution in [2.24, 2.45) is 0 Å². The van der Waals surface area contributed by atoms with Crippen LogP contribution in [0.2, 0.25) is 0 Å². The summed E-state index contributed by atoms with van der Waals surface area (Å²) >= 11 is 0. The first-order valence-corrected chi connectivity index (χ1v) is 8.88. The van der Waals surface area contributed by atoms with Crippen LogP contribution in [-0.4, -0.2) is 37.0 Å². The Labute approximate surface area is 142 Å². The Morgan fingerprint density at radius 1 is 1.40 bits per heavy atom. The maximum absolute atomic E-state index is 12.5. The van der Waals surface area contributed by atoms with Crippen molar-refractivity contribution in [1.82, 2.24) is 14.7 Å². The minimum absolute atomic E-state index is 0.110. The third-order valence-corrected chi connectivity index (χ3v) is 5.23. The average Bonchev–Trinajstić information content (AvgIpc) is 3.31. The number of hydrogen-bond donors (Lipinski definition) is 1. The molecule has 0 amide bonds. The van der Waals surface area contributed by atoms with Crippen molar-refractivity contribution in [2.45, 2.75) is 36.6 Å². The third-order valence-electron chi connectivity index (χ3n) is 3.69. The van der Waals surface area contributed by atoms with E-state index in [0.717, 1.165) is 0 Å². The first-order valence-electron chi connectivity index (χ1n) is 7.39. The Kier molecular flexibility index (Phi) is 4.30. The van der Waals surface area contributed by atoms with E-state index in [1.807, 2.05) is 6.07 Å². The fourth-order valence-electron chi connectivity index (χ4n) is 2.29. The lowest BCUT2D eigenvalue weighted by molar-refractivity contribution is 0.0803. The molecule has 25 heavy (non-hydrogen) atoms. The van der Waals surface area contributed by atoms with Crippen LogP contribution in [0.15, 0.2) is 23.1 Å². The van der Waals surface area contributed by atoms with Gasteiger partial charge < -0.3 is 4.74 Å². The molecular formula is C15H14F2N4O3S. The molecule has 0 radical (unpaired) electrons. The van der Waals surface area contributed by atoms with Gasteiger partial charge in [0, 0.05) is 0 Å². The molecule has 0 saturated heterocycles. The van der Waals surface area contributed by atoms with E-state index in [1.54, 1.807) is 6.92 Å². The third kappa shape index (κ3) is 3.67. The number of rotatable bonds is 6. The Bertz CT molecular complexity index is 969. The molecule has 0 aliphatic heterocycles. The van der Waals surface area contributed by atoms with E-state index in [9.17, 15) is 17.2 Å². The van der Waals surface area contributed by atoms with E-state index >= 15 is 0 Å². The molecular weight excluding hydrogens is 354 g/mol. The number of sulfonamides is 1. The minimum atomic E-state index is -3.95. The molecule has 132 valence electrons. The predicted molar refractivity (Wildman–Crippen MR) is 83.7 cm³/mol. The van der Waals surface area contributed by atoms with Gasteiger partial charge in [0.1, 0.15) is 11.4 Å². The number of nitrogens with one attached hydrogen (secondary N) is 1.